The molecule has 0 amide bonds. The minimum absolute atomic E-state index is 1.05. The summed E-state index contributed by atoms with van der Waals surface area (Å²) in [5.41, 5.74) is 7.54. The highest BCUT2D eigenvalue weighted by atomic mass is 15.3. The van der Waals surface area contributed by atoms with E-state index in [2.05, 4.69) is 55.9 Å². The first-order chi connectivity index (χ1) is 9.52. The highest BCUT2D eigenvalue weighted by Gasteiger charge is 2.12. The van der Waals surface area contributed by atoms with Gasteiger partial charge < -0.3 is 5.32 Å². The molecule has 0 radical (unpaired) electrons. The quantitative estimate of drug-likeness (QED) is 0.846. The van der Waals surface area contributed by atoms with Gasteiger partial charge in [-0.1, -0.05) is 6.07 Å². The summed E-state index contributed by atoms with van der Waals surface area (Å²) >= 11 is 0. The van der Waals surface area contributed by atoms with E-state index < -0.39 is 0 Å². The van der Waals surface area contributed by atoms with Crippen molar-refractivity contribution >= 4 is 0 Å². The molecule has 3 heteroatoms. The number of hydrogen-bond acceptors (Lipinski definition) is 2. The molecule has 20 heavy (non-hydrogen) atoms. The van der Waals surface area contributed by atoms with Crippen molar-refractivity contribution in [3.8, 4) is 5.69 Å². The summed E-state index contributed by atoms with van der Waals surface area (Å²) in [4.78, 5) is 0. The van der Waals surface area contributed by atoms with E-state index in [1.54, 1.807) is 0 Å². The van der Waals surface area contributed by atoms with E-state index in [4.69, 9.17) is 5.10 Å². The molecule has 1 aromatic carbocycles. The molecule has 0 saturated heterocycles. The highest BCUT2D eigenvalue weighted by Crippen LogP contribution is 2.21. The maximum atomic E-state index is 4.74. The number of aryl methyl sites for hydroxylation is 3. The maximum Gasteiger partial charge on any atom is 0.0654 e. The summed E-state index contributed by atoms with van der Waals surface area (Å²) < 4.78 is 2.09. The van der Waals surface area contributed by atoms with Gasteiger partial charge >= 0.3 is 0 Å². The lowest BCUT2D eigenvalue weighted by Crippen LogP contribution is -2.09. The van der Waals surface area contributed by atoms with E-state index >= 15 is 0 Å². The van der Waals surface area contributed by atoms with E-state index in [1.165, 1.54) is 28.1 Å². The van der Waals surface area contributed by atoms with Crippen molar-refractivity contribution in [1.82, 2.24) is 15.1 Å². The summed E-state index contributed by atoms with van der Waals surface area (Å²) in [7, 11) is 2.00. The Balaban J connectivity index is 2.35. The van der Waals surface area contributed by atoms with Crippen LogP contribution in [0.3, 0.4) is 0 Å². The monoisotopic (exact) mass is 271 g/mol. The molecule has 1 heterocycles. The van der Waals surface area contributed by atoms with E-state index in [0.29, 0.717) is 0 Å². The van der Waals surface area contributed by atoms with Crippen LogP contribution in [-0.4, -0.2) is 23.4 Å². The fraction of sp³-hybridized carbons (Fsp3) is 0.471. The fourth-order valence-corrected chi connectivity index (χ4v) is 2.80. The standard InChI is InChI=1S/C17H25N3/c1-12-9-13(2)11-16(10-12)20-15(4)17(14(3)19-20)7-6-8-18-5/h9-11,18H,6-8H2,1-5H3. The third kappa shape index (κ3) is 3.10. The van der Waals surface area contributed by atoms with Gasteiger partial charge in [0.15, 0.2) is 0 Å². The third-order valence-corrected chi connectivity index (χ3v) is 3.75. The number of nitrogens with zero attached hydrogens (tertiary/aromatic N) is 2. The first-order valence-electron chi connectivity index (χ1n) is 7.31. The molecule has 0 aliphatic heterocycles. The first-order valence-corrected chi connectivity index (χ1v) is 7.31. The van der Waals surface area contributed by atoms with Crippen molar-refractivity contribution in [1.29, 1.82) is 0 Å². The summed E-state index contributed by atoms with van der Waals surface area (Å²) in [6.07, 6.45) is 2.24. The smallest absolute Gasteiger partial charge is 0.0654 e. The maximum absolute atomic E-state index is 4.74. The van der Waals surface area contributed by atoms with E-state index in [0.717, 1.165) is 25.1 Å². The molecule has 1 aromatic heterocycles. The van der Waals surface area contributed by atoms with Crippen LogP contribution < -0.4 is 5.32 Å². The minimum atomic E-state index is 1.05. The summed E-state index contributed by atoms with van der Waals surface area (Å²) in [6, 6.07) is 6.59. The first kappa shape index (κ1) is 14.8. The molecule has 0 spiro atoms. The third-order valence-electron chi connectivity index (χ3n) is 3.75. The van der Waals surface area contributed by atoms with Crippen molar-refractivity contribution < 1.29 is 0 Å². The zero-order valence-corrected chi connectivity index (χ0v) is 13.2. The zero-order valence-electron chi connectivity index (χ0n) is 13.2. The predicted octanol–water partition coefficient (Wildman–Crippen LogP) is 3.26. The van der Waals surface area contributed by atoms with Gasteiger partial charge in [-0.15, -0.1) is 0 Å². The van der Waals surface area contributed by atoms with Crippen LogP contribution in [-0.2, 0) is 6.42 Å². The van der Waals surface area contributed by atoms with Crippen molar-refractivity contribution in [2.24, 2.45) is 0 Å². The topological polar surface area (TPSA) is 29.9 Å². The highest BCUT2D eigenvalue weighted by molar-refractivity contribution is 5.42. The molecule has 2 aromatic rings. The fourth-order valence-electron chi connectivity index (χ4n) is 2.80. The van der Waals surface area contributed by atoms with Gasteiger partial charge in [0.1, 0.15) is 0 Å². The van der Waals surface area contributed by atoms with Gasteiger partial charge in [0.2, 0.25) is 0 Å². The Morgan fingerprint density at radius 2 is 1.70 bits per heavy atom. The van der Waals surface area contributed by atoms with Crippen LogP contribution in [0.5, 0.6) is 0 Å². The van der Waals surface area contributed by atoms with Crippen LogP contribution in [0.25, 0.3) is 5.69 Å². The van der Waals surface area contributed by atoms with Gasteiger partial charge in [-0.05, 0) is 83.0 Å². The average Bonchev–Trinajstić information content (AvgIpc) is 2.65. The van der Waals surface area contributed by atoms with Crippen molar-refractivity contribution in [3.05, 3.63) is 46.3 Å². The number of aromatic nitrogens is 2. The van der Waals surface area contributed by atoms with Gasteiger partial charge in [0.25, 0.3) is 0 Å². The van der Waals surface area contributed by atoms with E-state index in [9.17, 15) is 0 Å². The summed E-state index contributed by atoms with van der Waals surface area (Å²) in [6.45, 7) is 9.60. The van der Waals surface area contributed by atoms with Crippen molar-refractivity contribution in [2.45, 2.75) is 40.5 Å². The average molecular weight is 271 g/mol. The zero-order chi connectivity index (χ0) is 14.7. The number of benzene rings is 1. The number of rotatable bonds is 5. The Kier molecular flexibility index (Phi) is 4.61. The molecule has 3 nitrogen and oxygen atoms in total. The molecule has 0 bridgehead atoms. The van der Waals surface area contributed by atoms with Gasteiger partial charge in [-0.2, -0.15) is 5.10 Å². The van der Waals surface area contributed by atoms with Gasteiger partial charge in [0, 0.05) is 5.69 Å². The summed E-state index contributed by atoms with van der Waals surface area (Å²) in [5.74, 6) is 0. The SMILES string of the molecule is CNCCCc1c(C)nn(-c2cc(C)cc(C)c2)c1C. The Bertz CT molecular complexity index is 576. The molecule has 0 aliphatic carbocycles. The Hall–Kier alpha value is -1.61. The molecule has 0 fully saturated rings. The molecule has 0 aliphatic rings. The lowest BCUT2D eigenvalue weighted by Gasteiger charge is -2.08. The van der Waals surface area contributed by atoms with Crippen molar-refractivity contribution in [3.63, 3.8) is 0 Å². The molecular weight excluding hydrogens is 246 g/mol. The van der Waals surface area contributed by atoms with Crippen LogP contribution in [0.2, 0.25) is 0 Å². The minimum Gasteiger partial charge on any atom is -0.320 e. The van der Waals surface area contributed by atoms with Crippen LogP contribution in [0.1, 0.15) is 34.5 Å². The summed E-state index contributed by atoms with van der Waals surface area (Å²) in [5, 5.41) is 7.94. The van der Waals surface area contributed by atoms with Gasteiger partial charge in [0.05, 0.1) is 11.4 Å². The van der Waals surface area contributed by atoms with Crippen LogP contribution in [0.15, 0.2) is 18.2 Å². The van der Waals surface area contributed by atoms with E-state index in [1.807, 2.05) is 7.05 Å². The molecule has 1 N–H and O–H groups in total. The van der Waals surface area contributed by atoms with Gasteiger partial charge in [-0.3, -0.25) is 0 Å². The Morgan fingerprint density at radius 1 is 1.05 bits per heavy atom. The Morgan fingerprint density at radius 3 is 2.30 bits per heavy atom. The lowest BCUT2D eigenvalue weighted by atomic mass is 10.1. The normalized spacial score (nSPS) is 11.1. The molecule has 0 atom stereocenters. The van der Waals surface area contributed by atoms with Crippen LogP contribution >= 0.6 is 0 Å². The molecule has 0 unspecified atom stereocenters. The molecular formula is C17H25N3. The molecule has 0 saturated carbocycles. The largest absolute Gasteiger partial charge is 0.320 e. The molecule has 2 rings (SSSR count). The van der Waals surface area contributed by atoms with Crippen LogP contribution in [0, 0.1) is 27.7 Å². The second-order valence-corrected chi connectivity index (χ2v) is 5.61. The second kappa shape index (κ2) is 6.23. The second-order valence-electron chi connectivity index (χ2n) is 5.61. The number of nitrogens with one attached hydrogen (secondary N) is 1. The van der Waals surface area contributed by atoms with Gasteiger partial charge in [-0.25, -0.2) is 4.68 Å². The lowest BCUT2D eigenvalue weighted by molar-refractivity contribution is 0.720. The predicted molar refractivity (Wildman–Crippen MR) is 84.8 cm³/mol. The van der Waals surface area contributed by atoms with E-state index in [-0.39, 0.29) is 0 Å². The molecule has 108 valence electrons. The van der Waals surface area contributed by atoms with Crippen molar-refractivity contribution in [2.75, 3.05) is 13.6 Å². The Labute approximate surface area is 122 Å². The van der Waals surface area contributed by atoms with Crippen LogP contribution in [0.4, 0.5) is 0 Å². The number of hydrogen-bond donors (Lipinski definition) is 1.